The summed E-state index contributed by atoms with van der Waals surface area (Å²) in [5.74, 6) is 0.901. The monoisotopic (exact) mass is 397 g/mol. The number of pyridine rings is 1. The zero-order valence-electron chi connectivity index (χ0n) is 17.3. The van der Waals surface area contributed by atoms with E-state index in [1.54, 1.807) is 12.5 Å². The Morgan fingerprint density at radius 3 is 2.69 bits per heavy atom. The molecule has 2 aromatic heterocycles. The fourth-order valence-electron chi connectivity index (χ4n) is 4.52. The molecular formula is C22H31N5O2. The van der Waals surface area contributed by atoms with Crippen LogP contribution in [-0.2, 0) is 6.54 Å². The topological polar surface area (TPSA) is 65.7 Å². The molecule has 0 spiro atoms. The van der Waals surface area contributed by atoms with Crippen LogP contribution < -0.4 is 4.90 Å². The van der Waals surface area contributed by atoms with Crippen molar-refractivity contribution in [2.24, 2.45) is 0 Å². The van der Waals surface area contributed by atoms with E-state index in [9.17, 15) is 4.79 Å². The Hall–Kier alpha value is -2.41. The number of nitrogens with zero attached hydrogens (tertiary/aromatic N) is 5. The van der Waals surface area contributed by atoms with Crippen LogP contribution in [0.5, 0.6) is 0 Å². The predicted molar refractivity (Wildman–Crippen MR) is 112 cm³/mol. The van der Waals surface area contributed by atoms with Crippen LogP contribution in [-0.4, -0.2) is 65.1 Å². The van der Waals surface area contributed by atoms with Crippen molar-refractivity contribution in [3.8, 4) is 0 Å². The van der Waals surface area contributed by atoms with E-state index < -0.39 is 0 Å². The molecule has 3 heterocycles. The maximum absolute atomic E-state index is 13.0. The highest BCUT2D eigenvalue weighted by molar-refractivity contribution is 5.94. The van der Waals surface area contributed by atoms with Crippen molar-refractivity contribution in [3.05, 3.63) is 41.9 Å². The summed E-state index contributed by atoms with van der Waals surface area (Å²) in [5.41, 5.74) is 1.51. The molecule has 0 bridgehead atoms. The van der Waals surface area contributed by atoms with Gasteiger partial charge in [-0.2, -0.15) is 0 Å². The zero-order valence-corrected chi connectivity index (χ0v) is 17.3. The molecule has 0 unspecified atom stereocenters. The second kappa shape index (κ2) is 9.39. The number of aromatic nitrogens is 2. The van der Waals surface area contributed by atoms with E-state index in [0.717, 1.165) is 50.2 Å². The molecular weight excluding hydrogens is 366 g/mol. The highest BCUT2D eigenvalue weighted by Crippen LogP contribution is 2.24. The standard InChI is InChI=1S/C22H31N5O2/c1-25(17-19-10-15-29-24-19)21-9-8-18(16-23-21)22(28)27-12-5-11-26(13-14-27)20-6-3-2-4-7-20/h8-10,15-16,20H,2-7,11-14,17H2,1H3. The van der Waals surface area contributed by atoms with Crippen molar-refractivity contribution in [3.63, 3.8) is 0 Å². The molecule has 0 N–H and O–H groups in total. The third kappa shape index (κ3) is 4.96. The second-order valence-electron chi connectivity index (χ2n) is 8.23. The average molecular weight is 398 g/mol. The van der Waals surface area contributed by atoms with Gasteiger partial charge in [0.2, 0.25) is 0 Å². The smallest absolute Gasteiger partial charge is 0.255 e. The number of amides is 1. The van der Waals surface area contributed by atoms with E-state index in [1.807, 2.05) is 35.0 Å². The van der Waals surface area contributed by atoms with Gasteiger partial charge in [0.1, 0.15) is 17.8 Å². The fourth-order valence-corrected chi connectivity index (χ4v) is 4.52. The Bertz CT molecular complexity index is 771. The van der Waals surface area contributed by atoms with Crippen molar-refractivity contribution in [2.45, 2.75) is 51.1 Å². The summed E-state index contributed by atoms with van der Waals surface area (Å²) in [5, 5.41) is 3.93. The Morgan fingerprint density at radius 2 is 1.97 bits per heavy atom. The first kappa shape index (κ1) is 19.9. The number of rotatable bonds is 5. The summed E-state index contributed by atoms with van der Waals surface area (Å²) >= 11 is 0. The van der Waals surface area contributed by atoms with Crippen LogP contribution in [0.25, 0.3) is 0 Å². The maximum atomic E-state index is 13.0. The molecule has 156 valence electrons. The lowest BCUT2D eigenvalue weighted by Gasteiger charge is -2.33. The number of carbonyl (C=O) groups excluding carboxylic acids is 1. The van der Waals surface area contributed by atoms with Crippen molar-refractivity contribution in [2.75, 3.05) is 38.1 Å². The zero-order chi connectivity index (χ0) is 20.1. The quantitative estimate of drug-likeness (QED) is 0.772. The summed E-state index contributed by atoms with van der Waals surface area (Å²) in [6.07, 6.45) is 11.0. The Balaban J connectivity index is 1.34. The largest absolute Gasteiger partial charge is 0.364 e. The van der Waals surface area contributed by atoms with E-state index >= 15 is 0 Å². The predicted octanol–water partition coefficient (Wildman–Crippen LogP) is 3.19. The van der Waals surface area contributed by atoms with Crippen molar-refractivity contribution in [1.29, 1.82) is 0 Å². The molecule has 1 aliphatic heterocycles. The van der Waals surface area contributed by atoms with Crippen LogP contribution in [0.15, 0.2) is 35.2 Å². The van der Waals surface area contributed by atoms with E-state index in [0.29, 0.717) is 12.1 Å². The average Bonchev–Trinajstić information content (AvgIpc) is 3.15. The molecule has 4 rings (SSSR count). The first-order valence-electron chi connectivity index (χ1n) is 10.8. The highest BCUT2D eigenvalue weighted by atomic mass is 16.5. The van der Waals surface area contributed by atoms with Crippen LogP contribution >= 0.6 is 0 Å². The molecule has 1 saturated heterocycles. The molecule has 7 heteroatoms. The summed E-state index contributed by atoms with van der Waals surface area (Å²) in [6.45, 7) is 4.35. The van der Waals surface area contributed by atoms with Crippen LogP contribution in [0.4, 0.5) is 5.82 Å². The maximum Gasteiger partial charge on any atom is 0.255 e. The molecule has 0 aromatic carbocycles. The SMILES string of the molecule is CN(Cc1ccon1)c1ccc(C(=O)N2CCCN(C3CCCCC3)CC2)cn1. The van der Waals surface area contributed by atoms with Crippen molar-refractivity contribution in [1.82, 2.24) is 19.9 Å². The van der Waals surface area contributed by atoms with E-state index in [2.05, 4.69) is 15.0 Å². The first-order chi connectivity index (χ1) is 14.2. The molecule has 7 nitrogen and oxygen atoms in total. The minimum Gasteiger partial charge on any atom is -0.364 e. The molecule has 2 aliphatic rings. The lowest BCUT2D eigenvalue weighted by molar-refractivity contribution is 0.0754. The highest BCUT2D eigenvalue weighted by Gasteiger charge is 2.25. The molecule has 1 amide bonds. The Labute approximate surface area is 172 Å². The second-order valence-corrected chi connectivity index (χ2v) is 8.23. The first-order valence-corrected chi connectivity index (χ1v) is 10.8. The summed E-state index contributed by atoms with van der Waals surface area (Å²) in [4.78, 5) is 24.1. The van der Waals surface area contributed by atoms with E-state index in [-0.39, 0.29) is 5.91 Å². The number of carbonyl (C=O) groups is 1. The van der Waals surface area contributed by atoms with Gasteiger partial charge in [-0.3, -0.25) is 9.69 Å². The molecule has 1 aliphatic carbocycles. The third-order valence-corrected chi connectivity index (χ3v) is 6.19. The van der Waals surface area contributed by atoms with Crippen LogP contribution in [0.3, 0.4) is 0 Å². The number of anilines is 1. The van der Waals surface area contributed by atoms with E-state index in [1.165, 1.54) is 32.1 Å². The van der Waals surface area contributed by atoms with Gasteiger partial charge in [-0.05, 0) is 31.4 Å². The Morgan fingerprint density at radius 1 is 1.10 bits per heavy atom. The number of hydrogen-bond acceptors (Lipinski definition) is 6. The molecule has 2 aromatic rings. The van der Waals surface area contributed by atoms with Gasteiger partial charge in [0.05, 0.1) is 12.1 Å². The lowest BCUT2D eigenvalue weighted by atomic mass is 9.94. The van der Waals surface area contributed by atoms with Gasteiger partial charge in [0.25, 0.3) is 5.91 Å². The van der Waals surface area contributed by atoms with Gasteiger partial charge in [0.15, 0.2) is 0 Å². The minimum absolute atomic E-state index is 0.0914. The van der Waals surface area contributed by atoms with Gasteiger partial charge >= 0.3 is 0 Å². The van der Waals surface area contributed by atoms with Gasteiger partial charge in [-0.15, -0.1) is 0 Å². The van der Waals surface area contributed by atoms with Gasteiger partial charge in [-0.1, -0.05) is 24.4 Å². The lowest BCUT2D eigenvalue weighted by Crippen LogP contribution is -2.40. The molecule has 0 atom stereocenters. The van der Waals surface area contributed by atoms with Gasteiger partial charge in [0, 0.05) is 51.5 Å². The van der Waals surface area contributed by atoms with Crippen LogP contribution in [0.1, 0.15) is 54.6 Å². The summed E-state index contributed by atoms with van der Waals surface area (Å²) in [6, 6.07) is 6.34. The van der Waals surface area contributed by atoms with Crippen LogP contribution in [0, 0.1) is 0 Å². The molecule has 29 heavy (non-hydrogen) atoms. The number of hydrogen-bond donors (Lipinski definition) is 0. The van der Waals surface area contributed by atoms with Crippen molar-refractivity contribution >= 4 is 11.7 Å². The molecule has 1 saturated carbocycles. The summed E-state index contributed by atoms with van der Waals surface area (Å²) in [7, 11) is 1.95. The summed E-state index contributed by atoms with van der Waals surface area (Å²) < 4.78 is 4.87. The third-order valence-electron chi connectivity index (χ3n) is 6.19. The van der Waals surface area contributed by atoms with Crippen LogP contribution in [0.2, 0.25) is 0 Å². The Kier molecular flexibility index (Phi) is 6.44. The molecule has 0 radical (unpaired) electrons. The van der Waals surface area contributed by atoms with Gasteiger partial charge < -0.3 is 14.3 Å². The normalized spacial score (nSPS) is 19.1. The van der Waals surface area contributed by atoms with Gasteiger partial charge in [-0.25, -0.2) is 4.98 Å². The van der Waals surface area contributed by atoms with Crippen molar-refractivity contribution < 1.29 is 9.32 Å². The van der Waals surface area contributed by atoms with E-state index in [4.69, 9.17) is 4.52 Å². The fraction of sp³-hybridized carbons (Fsp3) is 0.591. The molecule has 2 fully saturated rings. The minimum atomic E-state index is 0.0914.